The lowest BCUT2D eigenvalue weighted by Crippen LogP contribution is -2.21. The number of hydrogen-bond donors (Lipinski definition) is 1. The number of anilines is 1. The molecule has 0 aliphatic heterocycles. The second-order valence-corrected chi connectivity index (χ2v) is 5.42. The molecule has 0 saturated heterocycles. The van der Waals surface area contributed by atoms with Crippen molar-refractivity contribution in [1.82, 2.24) is 14.5 Å². The molecule has 102 valence electrons. The van der Waals surface area contributed by atoms with Gasteiger partial charge in [-0.05, 0) is 13.8 Å². The van der Waals surface area contributed by atoms with Gasteiger partial charge < -0.3 is 14.6 Å². The van der Waals surface area contributed by atoms with Crippen LogP contribution in [0, 0.1) is 6.92 Å². The highest BCUT2D eigenvalue weighted by Crippen LogP contribution is 2.23. The predicted molar refractivity (Wildman–Crippen MR) is 73.5 cm³/mol. The Kier molecular flexibility index (Phi) is 4.16. The fraction of sp³-hybridized carbons (Fsp3) is 0.417. The summed E-state index contributed by atoms with van der Waals surface area (Å²) in [6.45, 7) is 4.69. The highest BCUT2D eigenvalue weighted by molar-refractivity contribution is 7.15. The Labute approximate surface area is 115 Å². The maximum Gasteiger partial charge on any atom is 0.357 e. The lowest BCUT2D eigenvalue weighted by atomic mass is 10.3. The highest BCUT2D eigenvalue weighted by Gasteiger charge is 2.16. The molecule has 2 aromatic rings. The zero-order chi connectivity index (χ0) is 13.8. The summed E-state index contributed by atoms with van der Waals surface area (Å²) in [7, 11) is 1.36. The molecule has 2 rings (SSSR count). The van der Waals surface area contributed by atoms with Crippen molar-refractivity contribution in [2.45, 2.75) is 26.4 Å². The van der Waals surface area contributed by atoms with Crippen molar-refractivity contribution in [3.05, 3.63) is 29.3 Å². The minimum absolute atomic E-state index is 0.185. The number of carbonyl (C=O) groups excluding carboxylic acids is 1. The van der Waals surface area contributed by atoms with Crippen LogP contribution in [0.25, 0.3) is 0 Å². The number of imidazole rings is 1. The van der Waals surface area contributed by atoms with Crippen LogP contribution in [0.3, 0.4) is 0 Å². The minimum atomic E-state index is -0.399. The first-order valence-corrected chi connectivity index (χ1v) is 6.70. The fourth-order valence-electron chi connectivity index (χ4n) is 1.71. The monoisotopic (exact) mass is 280 g/mol. The summed E-state index contributed by atoms with van der Waals surface area (Å²) in [5.74, 6) is -0.399. The molecule has 0 amide bonds. The van der Waals surface area contributed by atoms with E-state index in [1.54, 1.807) is 12.5 Å². The van der Waals surface area contributed by atoms with E-state index >= 15 is 0 Å². The van der Waals surface area contributed by atoms with E-state index in [0.717, 1.165) is 16.6 Å². The van der Waals surface area contributed by atoms with Crippen molar-refractivity contribution < 1.29 is 9.53 Å². The van der Waals surface area contributed by atoms with Gasteiger partial charge in [-0.15, -0.1) is 11.3 Å². The van der Waals surface area contributed by atoms with Crippen LogP contribution in [0.15, 0.2) is 18.7 Å². The Hall–Kier alpha value is -1.89. The molecule has 0 spiro atoms. The standard InChI is InChI=1S/C12H16N4O2S/c1-8(6-16-5-4-13-7-16)14-12-15-10(9(2)19-12)11(17)18-3/h4-5,7-8H,6H2,1-3H3,(H,14,15). The van der Waals surface area contributed by atoms with E-state index in [-0.39, 0.29) is 6.04 Å². The number of thiazole rings is 1. The Morgan fingerprint density at radius 2 is 2.42 bits per heavy atom. The number of nitrogens with one attached hydrogen (secondary N) is 1. The molecular formula is C12H16N4O2S. The van der Waals surface area contributed by atoms with Crippen molar-refractivity contribution in [1.29, 1.82) is 0 Å². The van der Waals surface area contributed by atoms with Crippen LogP contribution in [-0.4, -0.2) is 33.7 Å². The normalized spacial score (nSPS) is 12.2. The average molecular weight is 280 g/mol. The van der Waals surface area contributed by atoms with Gasteiger partial charge in [0.25, 0.3) is 0 Å². The van der Waals surface area contributed by atoms with Crippen LogP contribution in [-0.2, 0) is 11.3 Å². The molecule has 1 unspecified atom stereocenters. The number of carbonyl (C=O) groups is 1. The summed E-state index contributed by atoms with van der Waals surface area (Å²) in [5, 5.41) is 4.00. The first kappa shape index (κ1) is 13.5. The van der Waals surface area contributed by atoms with Gasteiger partial charge in [-0.1, -0.05) is 0 Å². The molecule has 1 N–H and O–H groups in total. The first-order chi connectivity index (χ1) is 9.10. The number of methoxy groups -OCH3 is 1. The molecule has 0 radical (unpaired) electrons. The Morgan fingerprint density at radius 1 is 1.63 bits per heavy atom. The molecule has 0 aromatic carbocycles. The Balaban J connectivity index is 2.01. The van der Waals surface area contributed by atoms with E-state index in [1.807, 2.05) is 17.7 Å². The van der Waals surface area contributed by atoms with Crippen molar-refractivity contribution in [3.63, 3.8) is 0 Å². The third-order valence-corrected chi connectivity index (χ3v) is 3.49. The van der Waals surface area contributed by atoms with Gasteiger partial charge in [-0.25, -0.2) is 14.8 Å². The predicted octanol–water partition coefficient (Wildman–Crippen LogP) is 1.94. The third kappa shape index (κ3) is 3.31. The molecule has 2 heterocycles. The second kappa shape index (κ2) is 5.83. The lowest BCUT2D eigenvalue weighted by Gasteiger charge is -2.12. The molecule has 0 saturated carbocycles. The van der Waals surface area contributed by atoms with Gasteiger partial charge in [0, 0.05) is 29.9 Å². The number of aromatic nitrogens is 3. The smallest absolute Gasteiger partial charge is 0.357 e. The van der Waals surface area contributed by atoms with Gasteiger partial charge in [-0.3, -0.25) is 0 Å². The van der Waals surface area contributed by atoms with Gasteiger partial charge >= 0.3 is 5.97 Å². The molecule has 0 aliphatic carbocycles. The summed E-state index contributed by atoms with van der Waals surface area (Å²) in [4.78, 5) is 20.6. The summed E-state index contributed by atoms with van der Waals surface area (Å²) in [5.41, 5.74) is 0.379. The van der Waals surface area contributed by atoms with Crippen molar-refractivity contribution in [2.24, 2.45) is 0 Å². The van der Waals surface area contributed by atoms with Gasteiger partial charge in [0.1, 0.15) is 0 Å². The van der Waals surface area contributed by atoms with E-state index in [4.69, 9.17) is 0 Å². The van der Waals surface area contributed by atoms with Crippen LogP contribution in [0.5, 0.6) is 0 Å². The molecule has 6 nitrogen and oxygen atoms in total. The topological polar surface area (TPSA) is 69.0 Å². The molecule has 1 atom stereocenters. The van der Waals surface area contributed by atoms with Gasteiger partial charge in [-0.2, -0.15) is 0 Å². The summed E-state index contributed by atoms with van der Waals surface area (Å²) < 4.78 is 6.67. The summed E-state index contributed by atoms with van der Waals surface area (Å²) in [6, 6.07) is 0.185. The maximum atomic E-state index is 11.5. The van der Waals surface area contributed by atoms with Gasteiger partial charge in [0.05, 0.1) is 13.4 Å². The molecule has 7 heteroatoms. The van der Waals surface area contributed by atoms with Crippen LogP contribution in [0.2, 0.25) is 0 Å². The number of aryl methyl sites for hydroxylation is 1. The third-order valence-electron chi connectivity index (χ3n) is 2.59. The van der Waals surface area contributed by atoms with Crippen molar-refractivity contribution in [2.75, 3.05) is 12.4 Å². The number of nitrogens with zero attached hydrogens (tertiary/aromatic N) is 3. The molecular weight excluding hydrogens is 264 g/mol. The Bertz CT molecular complexity index is 550. The SMILES string of the molecule is COC(=O)c1nc(NC(C)Cn2ccnc2)sc1C. The van der Waals surface area contributed by atoms with Gasteiger partial charge in [0.15, 0.2) is 10.8 Å². The number of hydrogen-bond acceptors (Lipinski definition) is 6. The van der Waals surface area contributed by atoms with E-state index in [0.29, 0.717) is 5.69 Å². The number of esters is 1. The summed E-state index contributed by atoms with van der Waals surface area (Å²) in [6.07, 6.45) is 5.42. The zero-order valence-corrected chi connectivity index (χ0v) is 11.9. The maximum absolute atomic E-state index is 11.5. The highest BCUT2D eigenvalue weighted by atomic mass is 32.1. The zero-order valence-electron chi connectivity index (χ0n) is 11.1. The number of rotatable bonds is 5. The van der Waals surface area contributed by atoms with E-state index < -0.39 is 5.97 Å². The van der Waals surface area contributed by atoms with Crippen LogP contribution >= 0.6 is 11.3 Å². The van der Waals surface area contributed by atoms with Crippen LogP contribution < -0.4 is 5.32 Å². The average Bonchev–Trinajstić information content (AvgIpc) is 2.98. The van der Waals surface area contributed by atoms with Gasteiger partial charge in [0.2, 0.25) is 0 Å². The van der Waals surface area contributed by atoms with E-state index in [9.17, 15) is 4.79 Å². The minimum Gasteiger partial charge on any atom is -0.464 e. The van der Waals surface area contributed by atoms with Crippen molar-refractivity contribution >= 4 is 22.4 Å². The van der Waals surface area contributed by atoms with Crippen molar-refractivity contribution in [3.8, 4) is 0 Å². The largest absolute Gasteiger partial charge is 0.464 e. The van der Waals surface area contributed by atoms with Crippen LogP contribution in [0.4, 0.5) is 5.13 Å². The molecule has 0 bridgehead atoms. The number of ether oxygens (including phenoxy) is 1. The van der Waals surface area contributed by atoms with E-state index in [2.05, 4.69) is 26.9 Å². The van der Waals surface area contributed by atoms with Crippen LogP contribution in [0.1, 0.15) is 22.3 Å². The Morgan fingerprint density at radius 3 is 3.05 bits per heavy atom. The second-order valence-electron chi connectivity index (χ2n) is 4.22. The quantitative estimate of drug-likeness (QED) is 0.848. The summed E-state index contributed by atoms with van der Waals surface area (Å²) >= 11 is 1.45. The first-order valence-electron chi connectivity index (χ1n) is 5.88. The molecule has 0 fully saturated rings. The van der Waals surface area contributed by atoms with E-state index in [1.165, 1.54) is 18.4 Å². The molecule has 19 heavy (non-hydrogen) atoms. The lowest BCUT2D eigenvalue weighted by molar-refractivity contribution is 0.0594. The fourth-order valence-corrected chi connectivity index (χ4v) is 2.62. The molecule has 2 aromatic heterocycles. The molecule has 0 aliphatic rings.